The first-order chi connectivity index (χ1) is 16.2. The van der Waals surface area contributed by atoms with Gasteiger partial charge in [0.15, 0.2) is 0 Å². The maximum absolute atomic E-state index is 5.64. The molecule has 7 nitrogen and oxygen atoms in total. The van der Waals surface area contributed by atoms with Gasteiger partial charge in [0, 0.05) is 71.6 Å². The van der Waals surface area contributed by atoms with Crippen LogP contribution in [0.1, 0.15) is 50.5 Å². The molecule has 0 radical (unpaired) electrons. The first-order valence-electron chi connectivity index (χ1n) is 11.4. The standard InChI is InChI=1S/C27H36N4O3/c1-16-10-28-22(19(4)25(16)32-7)13-31(14-23-20(5)26(33-8)17(2)11-29-23)15-24-21(6)27(34-9)18(3)12-30-24/h10-12H,13-15H2,1-9H3. The molecule has 0 N–H and O–H groups in total. The van der Waals surface area contributed by atoms with E-state index < -0.39 is 0 Å². The van der Waals surface area contributed by atoms with Gasteiger partial charge in [-0.15, -0.1) is 0 Å². The van der Waals surface area contributed by atoms with Gasteiger partial charge in [-0.05, 0) is 41.5 Å². The molecule has 0 aliphatic carbocycles. The highest BCUT2D eigenvalue weighted by Crippen LogP contribution is 2.29. The van der Waals surface area contributed by atoms with Crippen molar-refractivity contribution in [3.8, 4) is 17.2 Å². The summed E-state index contributed by atoms with van der Waals surface area (Å²) in [6.07, 6.45) is 5.61. The Hall–Kier alpha value is -3.19. The van der Waals surface area contributed by atoms with Crippen LogP contribution >= 0.6 is 0 Å². The third-order valence-corrected chi connectivity index (χ3v) is 6.37. The Bertz CT molecular complexity index is 1030. The zero-order chi connectivity index (χ0) is 25.0. The van der Waals surface area contributed by atoms with Crippen molar-refractivity contribution in [3.63, 3.8) is 0 Å². The molecule has 3 aromatic heterocycles. The van der Waals surface area contributed by atoms with Crippen LogP contribution in [0.2, 0.25) is 0 Å². The van der Waals surface area contributed by atoms with E-state index >= 15 is 0 Å². The molecule has 182 valence electrons. The van der Waals surface area contributed by atoms with E-state index in [1.165, 1.54) is 0 Å². The molecular formula is C27H36N4O3. The lowest BCUT2D eigenvalue weighted by atomic mass is 10.1. The third-order valence-electron chi connectivity index (χ3n) is 6.37. The van der Waals surface area contributed by atoms with Crippen LogP contribution in [0.15, 0.2) is 18.6 Å². The summed E-state index contributed by atoms with van der Waals surface area (Å²) >= 11 is 0. The van der Waals surface area contributed by atoms with Crippen LogP contribution in [0.4, 0.5) is 0 Å². The number of methoxy groups -OCH3 is 3. The molecule has 0 spiro atoms. The second kappa shape index (κ2) is 10.8. The van der Waals surface area contributed by atoms with E-state index in [-0.39, 0.29) is 0 Å². The van der Waals surface area contributed by atoms with Gasteiger partial charge in [-0.1, -0.05) is 0 Å². The molecule has 0 aliphatic rings. The molecule has 0 saturated heterocycles. The summed E-state index contributed by atoms with van der Waals surface area (Å²) < 4.78 is 16.9. The first kappa shape index (κ1) is 25.4. The van der Waals surface area contributed by atoms with E-state index in [1.54, 1.807) is 21.3 Å². The van der Waals surface area contributed by atoms with E-state index in [4.69, 9.17) is 29.2 Å². The molecule has 7 heteroatoms. The van der Waals surface area contributed by atoms with Crippen molar-refractivity contribution in [1.82, 2.24) is 19.9 Å². The number of hydrogen-bond acceptors (Lipinski definition) is 7. The highest BCUT2D eigenvalue weighted by molar-refractivity contribution is 5.43. The van der Waals surface area contributed by atoms with Crippen LogP contribution in [-0.2, 0) is 19.6 Å². The third kappa shape index (κ3) is 5.14. The number of aryl methyl sites for hydroxylation is 3. The van der Waals surface area contributed by atoms with E-state index in [0.29, 0.717) is 19.6 Å². The SMILES string of the molecule is COc1c(C)cnc(CN(Cc2ncc(C)c(OC)c2C)Cc2ncc(C)c(OC)c2C)c1C. The number of ether oxygens (including phenoxy) is 3. The maximum Gasteiger partial charge on any atom is 0.128 e. The number of pyridine rings is 3. The minimum Gasteiger partial charge on any atom is -0.496 e. The van der Waals surface area contributed by atoms with Gasteiger partial charge in [-0.2, -0.15) is 0 Å². The molecule has 3 rings (SSSR count). The van der Waals surface area contributed by atoms with Crippen molar-refractivity contribution in [2.75, 3.05) is 21.3 Å². The first-order valence-corrected chi connectivity index (χ1v) is 11.4. The fourth-order valence-corrected chi connectivity index (χ4v) is 4.49. The number of rotatable bonds is 9. The normalized spacial score (nSPS) is 11.1. The average Bonchev–Trinajstić information content (AvgIpc) is 2.80. The molecule has 0 amide bonds. The van der Waals surface area contributed by atoms with E-state index in [9.17, 15) is 0 Å². The molecule has 34 heavy (non-hydrogen) atoms. The fraction of sp³-hybridized carbons (Fsp3) is 0.444. The van der Waals surface area contributed by atoms with E-state index in [0.717, 1.165) is 67.7 Å². The number of nitrogens with zero attached hydrogens (tertiary/aromatic N) is 4. The summed E-state index contributed by atoms with van der Waals surface area (Å²) in [5.74, 6) is 2.63. The Morgan fingerprint density at radius 3 is 1.03 bits per heavy atom. The smallest absolute Gasteiger partial charge is 0.128 e. The van der Waals surface area contributed by atoms with Gasteiger partial charge in [0.1, 0.15) is 17.2 Å². The molecule has 0 aromatic carbocycles. The van der Waals surface area contributed by atoms with Crippen LogP contribution in [0.25, 0.3) is 0 Å². The fourth-order valence-electron chi connectivity index (χ4n) is 4.49. The lowest BCUT2D eigenvalue weighted by Gasteiger charge is -2.25. The molecule has 0 saturated carbocycles. The van der Waals surface area contributed by atoms with E-state index in [2.05, 4.69) is 25.7 Å². The predicted molar refractivity (Wildman–Crippen MR) is 134 cm³/mol. The molecule has 0 fully saturated rings. The largest absolute Gasteiger partial charge is 0.496 e. The molecule has 0 bridgehead atoms. The predicted octanol–water partition coefficient (Wildman–Crippen LogP) is 4.95. The Labute approximate surface area is 203 Å². The van der Waals surface area contributed by atoms with Crippen LogP contribution in [-0.4, -0.2) is 41.2 Å². The lowest BCUT2D eigenvalue weighted by Crippen LogP contribution is -2.26. The zero-order valence-corrected chi connectivity index (χ0v) is 21.9. The minimum absolute atomic E-state index is 0.622. The van der Waals surface area contributed by atoms with Crippen molar-refractivity contribution >= 4 is 0 Å². The molecule has 3 heterocycles. The maximum atomic E-state index is 5.64. The molecule has 0 aliphatic heterocycles. The van der Waals surface area contributed by atoms with Gasteiger partial charge in [-0.3, -0.25) is 19.9 Å². The Morgan fingerprint density at radius 2 is 0.794 bits per heavy atom. The summed E-state index contributed by atoms with van der Waals surface area (Å²) in [4.78, 5) is 16.5. The second-order valence-electron chi connectivity index (χ2n) is 8.78. The average molecular weight is 465 g/mol. The highest BCUT2D eigenvalue weighted by Gasteiger charge is 2.20. The van der Waals surface area contributed by atoms with Gasteiger partial charge in [0.2, 0.25) is 0 Å². The summed E-state index contributed by atoms with van der Waals surface area (Å²) in [7, 11) is 5.11. The van der Waals surface area contributed by atoms with Crippen LogP contribution in [0.3, 0.4) is 0 Å². The van der Waals surface area contributed by atoms with E-state index in [1.807, 2.05) is 39.4 Å². The van der Waals surface area contributed by atoms with Gasteiger partial charge in [-0.25, -0.2) is 0 Å². The summed E-state index contributed by atoms with van der Waals surface area (Å²) in [6.45, 7) is 14.1. The van der Waals surface area contributed by atoms with Crippen LogP contribution in [0, 0.1) is 41.5 Å². The molecule has 0 unspecified atom stereocenters. The van der Waals surface area contributed by atoms with Gasteiger partial charge >= 0.3 is 0 Å². The van der Waals surface area contributed by atoms with Crippen LogP contribution in [0.5, 0.6) is 17.2 Å². The summed E-state index contributed by atoms with van der Waals surface area (Å²) in [5.41, 5.74) is 9.12. The number of aromatic nitrogens is 3. The van der Waals surface area contributed by atoms with Crippen molar-refractivity contribution in [2.24, 2.45) is 0 Å². The van der Waals surface area contributed by atoms with Crippen molar-refractivity contribution in [3.05, 3.63) is 69.1 Å². The van der Waals surface area contributed by atoms with Crippen molar-refractivity contribution < 1.29 is 14.2 Å². The van der Waals surface area contributed by atoms with Gasteiger partial charge < -0.3 is 14.2 Å². The Morgan fingerprint density at radius 1 is 0.529 bits per heavy atom. The molecule has 0 atom stereocenters. The van der Waals surface area contributed by atoms with Gasteiger partial charge in [0.05, 0.1) is 38.4 Å². The second-order valence-corrected chi connectivity index (χ2v) is 8.78. The highest BCUT2D eigenvalue weighted by atomic mass is 16.5. The zero-order valence-electron chi connectivity index (χ0n) is 21.9. The topological polar surface area (TPSA) is 69.6 Å². The Kier molecular flexibility index (Phi) is 8.10. The quantitative estimate of drug-likeness (QED) is 0.444. The number of hydrogen-bond donors (Lipinski definition) is 0. The minimum atomic E-state index is 0.622. The molecular weight excluding hydrogens is 428 g/mol. The lowest BCUT2D eigenvalue weighted by molar-refractivity contribution is 0.235. The monoisotopic (exact) mass is 464 g/mol. The van der Waals surface area contributed by atoms with Crippen molar-refractivity contribution in [2.45, 2.75) is 61.2 Å². The molecule has 3 aromatic rings. The summed E-state index contributed by atoms with van der Waals surface area (Å²) in [5, 5.41) is 0. The summed E-state index contributed by atoms with van der Waals surface area (Å²) in [6, 6.07) is 0. The van der Waals surface area contributed by atoms with Crippen molar-refractivity contribution in [1.29, 1.82) is 0 Å². The van der Waals surface area contributed by atoms with Crippen LogP contribution < -0.4 is 14.2 Å². The Balaban J connectivity index is 2.03. The van der Waals surface area contributed by atoms with Gasteiger partial charge in [0.25, 0.3) is 0 Å².